The fourth-order valence-electron chi connectivity index (χ4n) is 3.22. The number of nitro benzene ring substituents is 1. The third-order valence-corrected chi connectivity index (χ3v) is 6.98. The van der Waals surface area contributed by atoms with Crippen molar-refractivity contribution >= 4 is 39.2 Å². The number of carbonyl (C=O) groups is 3. The van der Waals surface area contributed by atoms with Crippen LogP contribution in [0, 0.1) is 10.1 Å². The summed E-state index contributed by atoms with van der Waals surface area (Å²) in [5.74, 6) is -1.36. The molecule has 1 aliphatic heterocycles. The predicted molar refractivity (Wildman–Crippen MR) is 117 cm³/mol. The molecule has 1 heterocycles. The lowest BCUT2D eigenvalue weighted by atomic mass is 9.92. The number of nitro groups is 1. The number of sulfonamides is 1. The number of imide groups is 1. The molecule has 0 aromatic heterocycles. The minimum absolute atomic E-state index is 0.0402. The van der Waals surface area contributed by atoms with Gasteiger partial charge in [-0.2, -0.15) is 0 Å². The van der Waals surface area contributed by atoms with Crippen LogP contribution in [0.15, 0.2) is 53.4 Å². The molecule has 0 radical (unpaired) electrons. The third-order valence-electron chi connectivity index (χ3n) is 5.15. The third kappa shape index (κ3) is 4.54. The highest BCUT2D eigenvalue weighted by Crippen LogP contribution is 2.30. The van der Waals surface area contributed by atoms with Crippen molar-refractivity contribution in [2.24, 2.45) is 0 Å². The average Bonchev–Trinajstić information content (AvgIpc) is 2.98. The Balaban J connectivity index is 1.71. The molecular formula is C20H21N5O7S. The van der Waals surface area contributed by atoms with Gasteiger partial charge in [0.05, 0.1) is 9.82 Å². The van der Waals surface area contributed by atoms with Gasteiger partial charge < -0.3 is 10.6 Å². The minimum Gasteiger partial charge on any atom is -0.325 e. The highest BCUT2D eigenvalue weighted by molar-refractivity contribution is 7.89. The first-order valence-corrected chi connectivity index (χ1v) is 11.0. The van der Waals surface area contributed by atoms with Crippen LogP contribution in [-0.2, 0) is 25.2 Å². The zero-order valence-electron chi connectivity index (χ0n) is 17.9. The lowest BCUT2D eigenvalue weighted by Gasteiger charge is -2.22. The van der Waals surface area contributed by atoms with Crippen LogP contribution in [0.1, 0.15) is 12.5 Å². The van der Waals surface area contributed by atoms with Gasteiger partial charge in [0.25, 0.3) is 11.6 Å². The average molecular weight is 475 g/mol. The second kappa shape index (κ2) is 8.60. The van der Waals surface area contributed by atoms with Crippen molar-refractivity contribution in [2.75, 3.05) is 26.0 Å². The van der Waals surface area contributed by atoms with E-state index in [0.29, 0.717) is 5.56 Å². The zero-order chi connectivity index (χ0) is 24.6. The summed E-state index contributed by atoms with van der Waals surface area (Å²) in [5, 5.41) is 15.9. The molecule has 0 spiro atoms. The van der Waals surface area contributed by atoms with E-state index in [-0.39, 0.29) is 16.3 Å². The van der Waals surface area contributed by atoms with Crippen molar-refractivity contribution in [2.45, 2.75) is 17.4 Å². The molecule has 33 heavy (non-hydrogen) atoms. The predicted octanol–water partition coefficient (Wildman–Crippen LogP) is 1.25. The topological polar surface area (TPSA) is 159 Å². The molecule has 4 amide bonds. The first-order valence-electron chi connectivity index (χ1n) is 9.58. The largest absolute Gasteiger partial charge is 0.325 e. The van der Waals surface area contributed by atoms with Gasteiger partial charge in [-0.15, -0.1) is 0 Å². The summed E-state index contributed by atoms with van der Waals surface area (Å²) in [4.78, 5) is 48.8. The molecule has 0 aliphatic carbocycles. The lowest BCUT2D eigenvalue weighted by Crippen LogP contribution is -2.42. The molecule has 0 bridgehead atoms. The molecule has 3 rings (SSSR count). The number of non-ortho nitro benzene ring substituents is 1. The van der Waals surface area contributed by atoms with E-state index in [9.17, 15) is 32.9 Å². The molecule has 0 saturated carbocycles. The normalized spacial score (nSPS) is 18.4. The Morgan fingerprint density at radius 1 is 1.12 bits per heavy atom. The first-order chi connectivity index (χ1) is 15.4. The van der Waals surface area contributed by atoms with Crippen molar-refractivity contribution in [1.82, 2.24) is 14.5 Å². The van der Waals surface area contributed by atoms with E-state index in [1.165, 1.54) is 69.6 Å². The molecule has 1 fully saturated rings. The number of benzene rings is 2. The van der Waals surface area contributed by atoms with Crippen LogP contribution in [-0.4, -0.2) is 61.0 Å². The van der Waals surface area contributed by atoms with Gasteiger partial charge in [0, 0.05) is 31.9 Å². The maximum atomic E-state index is 12.9. The van der Waals surface area contributed by atoms with E-state index in [1.807, 2.05) is 0 Å². The summed E-state index contributed by atoms with van der Waals surface area (Å²) in [5.41, 5.74) is -1.05. The Hall–Kier alpha value is -3.84. The maximum absolute atomic E-state index is 12.9. The number of hydrogen-bond donors (Lipinski definition) is 2. The molecule has 2 N–H and O–H groups in total. The van der Waals surface area contributed by atoms with Gasteiger partial charge in [-0.1, -0.05) is 0 Å². The van der Waals surface area contributed by atoms with Gasteiger partial charge in [-0.05, 0) is 48.9 Å². The second-order valence-electron chi connectivity index (χ2n) is 7.61. The first kappa shape index (κ1) is 23.8. The summed E-state index contributed by atoms with van der Waals surface area (Å²) >= 11 is 0. The van der Waals surface area contributed by atoms with E-state index in [0.717, 1.165) is 9.21 Å². The highest BCUT2D eigenvalue weighted by Gasteiger charge is 2.49. The van der Waals surface area contributed by atoms with Crippen LogP contribution in [0.3, 0.4) is 0 Å². The fraction of sp³-hybridized carbons (Fsp3) is 0.250. The number of nitrogens with zero attached hydrogens (tertiary/aromatic N) is 3. The SMILES string of the molecule is CN(C)S(=O)(=O)c1ccc(NC(=O)CN2C(=O)N[C@@](C)(c3ccc([N+](=O)[O-])cc3)C2=O)cc1. The number of anilines is 1. The quantitative estimate of drug-likeness (QED) is 0.346. The van der Waals surface area contributed by atoms with Crippen molar-refractivity contribution in [1.29, 1.82) is 0 Å². The Bertz CT molecular complexity index is 1230. The molecule has 1 saturated heterocycles. The number of carbonyl (C=O) groups excluding carboxylic acids is 3. The van der Waals surface area contributed by atoms with E-state index < -0.39 is 44.9 Å². The number of rotatable bonds is 7. The fourth-order valence-corrected chi connectivity index (χ4v) is 4.12. The van der Waals surface area contributed by atoms with E-state index in [2.05, 4.69) is 10.6 Å². The summed E-state index contributed by atoms with van der Waals surface area (Å²) in [6.07, 6.45) is 0. The van der Waals surface area contributed by atoms with Gasteiger partial charge in [0.2, 0.25) is 15.9 Å². The number of nitrogens with one attached hydrogen (secondary N) is 2. The Morgan fingerprint density at radius 2 is 1.70 bits per heavy atom. The summed E-state index contributed by atoms with van der Waals surface area (Å²) in [7, 11) is -0.832. The summed E-state index contributed by atoms with van der Waals surface area (Å²) in [6, 6.07) is 9.80. The monoisotopic (exact) mass is 475 g/mol. The smallest absolute Gasteiger partial charge is 0.325 e. The molecule has 0 unspecified atom stereocenters. The number of hydrogen-bond acceptors (Lipinski definition) is 7. The van der Waals surface area contributed by atoms with E-state index >= 15 is 0 Å². The van der Waals surface area contributed by atoms with Crippen molar-refractivity contribution in [3.8, 4) is 0 Å². The molecule has 174 valence electrons. The van der Waals surface area contributed by atoms with Crippen LogP contribution in [0.2, 0.25) is 0 Å². The van der Waals surface area contributed by atoms with Gasteiger partial charge >= 0.3 is 6.03 Å². The van der Waals surface area contributed by atoms with E-state index in [1.54, 1.807) is 0 Å². The minimum atomic E-state index is -3.62. The number of urea groups is 1. The van der Waals surface area contributed by atoms with Gasteiger partial charge in [-0.3, -0.25) is 24.6 Å². The maximum Gasteiger partial charge on any atom is 0.325 e. The van der Waals surface area contributed by atoms with Crippen LogP contribution in [0.5, 0.6) is 0 Å². The molecule has 2 aromatic carbocycles. The lowest BCUT2D eigenvalue weighted by molar-refractivity contribution is -0.384. The van der Waals surface area contributed by atoms with Crippen LogP contribution in [0.4, 0.5) is 16.2 Å². The molecular weight excluding hydrogens is 454 g/mol. The second-order valence-corrected chi connectivity index (χ2v) is 9.76. The van der Waals surface area contributed by atoms with Crippen LogP contribution in [0.25, 0.3) is 0 Å². The zero-order valence-corrected chi connectivity index (χ0v) is 18.8. The highest BCUT2D eigenvalue weighted by atomic mass is 32.2. The molecule has 1 aliphatic rings. The number of amides is 4. The molecule has 13 heteroatoms. The Labute approximate surface area is 189 Å². The molecule has 1 atom stereocenters. The van der Waals surface area contributed by atoms with Crippen LogP contribution < -0.4 is 10.6 Å². The van der Waals surface area contributed by atoms with Crippen molar-refractivity contribution in [3.05, 3.63) is 64.2 Å². The Kier molecular flexibility index (Phi) is 6.20. The van der Waals surface area contributed by atoms with Crippen molar-refractivity contribution in [3.63, 3.8) is 0 Å². The molecule has 2 aromatic rings. The van der Waals surface area contributed by atoms with Gasteiger partial charge in [0.1, 0.15) is 12.1 Å². The van der Waals surface area contributed by atoms with Crippen LogP contribution >= 0.6 is 0 Å². The van der Waals surface area contributed by atoms with Crippen molar-refractivity contribution < 1.29 is 27.7 Å². The Morgan fingerprint density at radius 3 is 2.21 bits per heavy atom. The van der Waals surface area contributed by atoms with E-state index in [4.69, 9.17) is 0 Å². The van der Waals surface area contributed by atoms with Gasteiger partial charge in [0.15, 0.2) is 0 Å². The standard InChI is InChI=1S/C20H21N5O7S/c1-20(13-4-8-15(9-5-13)25(29)30)18(27)24(19(28)22-20)12-17(26)21-14-6-10-16(11-7-14)33(31,32)23(2)3/h4-11H,12H2,1-3H3,(H,21,26)(H,22,28)/t20-/m0/s1. The summed E-state index contributed by atoms with van der Waals surface area (Å²) in [6.45, 7) is 0.862. The van der Waals surface area contributed by atoms with Gasteiger partial charge in [-0.25, -0.2) is 17.5 Å². The molecule has 12 nitrogen and oxygen atoms in total. The summed E-state index contributed by atoms with van der Waals surface area (Å²) < 4.78 is 25.3.